The van der Waals surface area contributed by atoms with E-state index in [1.54, 1.807) is 0 Å². The Bertz CT molecular complexity index is 636. The van der Waals surface area contributed by atoms with Crippen molar-refractivity contribution in [1.29, 1.82) is 5.26 Å². The Labute approximate surface area is 157 Å². The number of aliphatic hydroxyl groups excluding tert-OH is 1. The van der Waals surface area contributed by atoms with E-state index in [2.05, 4.69) is 32.8 Å². The fraction of sp³-hybridized carbons (Fsp3) is 0.700. The van der Waals surface area contributed by atoms with Crippen molar-refractivity contribution in [2.75, 3.05) is 57.8 Å². The van der Waals surface area contributed by atoms with Gasteiger partial charge in [-0.15, -0.1) is 0 Å². The predicted molar refractivity (Wildman–Crippen MR) is 103 cm³/mol. The van der Waals surface area contributed by atoms with E-state index in [1.165, 1.54) is 0 Å². The van der Waals surface area contributed by atoms with E-state index in [-0.39, 0.29) is 6.61 Å². The number of anilines is 1. The van der Waals surface area contributed by atoms with Crippen LogP contribution in [0.2, 0.25) is 0 Å². The lowest BCUT2D eigenvalue weighted by molar-refractivity contribution is 0.0637. The van der Waals surface area contributed by atoms with Crippen LogP contribution in [0.1, 0.15) is 30.5 Å². The Kier molecular flexibility index (Phi) is 6.47. The summed E-state index contributed by atoms with van der Waals surface area (Å²) in [6.07, 6.45) is 2.97. The smallest absolute Gasteiger partial charge is 0.146 e. The first-order valence-corrected chi connectivity index (χ1v) is 9.78. The highest BCUT2D eigenvalue weighted by molar-refractivity contribution is 5.54. The van der Waals surface area contributed by atoms with Crippen molar-refractivity contribution in [3.05, 3.63) is 23.4 Å². The molecule has 0 amide bonds. The summed E-state index contributed by atoms with van der Waals surface area (Å²) in [5.41, 5.74) is 1.61. The van der Waals surface area contributed by atoms with Crippen molar-refractivity contribution in [1.82, 2.24) is 14.8 Å². The maximum atomic E-state index is 9.47. The van der Waals surface area contributed by atoms with Gasteiger partial charge in [-0.2, -0.15) is 5.26 Å². The van der Waals surface area contributed by atoms with Gasteiger partial charge in [0.25, 0.3) is 0 Å². The van der Waals surface area contributed by atoms with E-state index in [4.69, 9.17) is 0 Å². The highest BCUT2D eigenvalue weighted by atomic mass is 16.2. The van der Waals surface area contributed by atoms with E-state index in [0.717, 1.165) is 70.0 Å². The van der Waals surface area contributed by atoms with E-state index in [0.29, 0.717) is 17.5 Å². The number of piperazine rings is 1. The molecule has 1 N–H and O–H groups in total. The first-order chi connectivity index (χ1) is 12.6. The average molecular weight is 358 g/mol. The third-order valence-corrected chi connectivity index (χ3v) is 5.87. The number of hydrogen-bond donors (Lipinski definition) is 1. The molecule has 3 heterocycles. The number of likely N-dealkylation sites (N-methyl/N-ethyl adjacent to an activating group) is 1. The lowest BCUT2D eigenvalue weighted by Gasteiger charge is -2.47. The number of piperidine rings is 1. The van der Waals surface area contributed by atoms with Crippen LogP contribution in [0.5, 0.6) is 0 Å². The fourth-order valence-corrected chi connectivity index (χ4v) is 4.35. The van der Waals surface area contributed by atoms with Gasteiger partial charge in [0.2, 0.25) is 0 Å². The molecule has 0 aliphatic carbocycles. The van der Waals surface area contributed by atoms with Gasteiger partial charge in [-0.3, -0.25) is 4.90 Å². The van der Waals surface area contributed by atoms with Gasteiger partial charge in [-0.1, -0.05) is 0 Å². The van der Waals surface area contributed by atoms with Crippen LogP contribution < -0.4 is 4.90 Å². The Balaban J connectivity index is 1.75. The molecule has 0 spiro atoms. The zero-order valence-corrected chi connectivity index (χ0v) is 16.1. The molecule has 6 heteroatoms. The third-order valence-electron chi connectivity index (χ3n) is 5.87. The lowest BCUT2D eigenvalue weighted by atomic mass is 9.86. The molecule has 26 heavy (non-hydrogen) atoms. The molecule has 0 radical (unpaired) electrons. The average Bonchev–Trinajstić information content (AvgIpc) is 2.67. The summed E-state index contributed by atoms with van der Waals surface area (Å²) in [6, 6.07) is 6.66. The maximum Gasteiger partial charge on any atom is 0.146 e. The van der Waals surface area contributed by atoms with E-state index in [1.807, 2.05) is 19.1 Å². The molecule has 2 fully saturated rings. The van der Waals surface area contributed by atoms with Crippen LogP contribution >= 0.6 is 0 Å². The molecule has 142 valence electrons. The maximum absolute atomic E-state index is 9.47. The molecule has 1 aromatic rings. The largest absolute Gasteiger partial charge is 0.396 e. The molecule has 2 aliphatic heterocycles. The molecular formula is C20H31N5O. The number of aryl methyl sites for hydroxylation is 1. The summed E-state index contributed by atoms with van der Waals surface area (Å²) < 4.78 is 0. The normalized spacial score (nSPS) is 25.2. The van der Waals surface area contributed by atoms with Crippen molar-refractivity contribution in [2.24, 2.45) is 5.92 Å². The lowest BCUT2D eigenvalue weighted by Crippen LogP contribution is -2.56. The van der Waals surface area contributed by atoms with Crippen molar-refractivity contribution in [3.8, 4) is 6.07 Å². The molecule has 0 aromatic carbocycles. The molecule has 3 rings (SSSR count). The number of hydrogen-bond acceptors (Lipinski definition) is 6. The molecule has 2 saturated heterocycles. The fourth-order valence-electron chi connectivity index (χ4n) is 4.35. The monoisotopic (exact) mass is 357 g/mol. The summed E-state index contributed by atoms with van der Waals surface area (Å²) in [5.74, 6) is 1.34. The van der Waals surface area contributed by atoms with Gasteiger partial charge < -0.3 is 14.9 Å². The first-order valence-electron chi connectivity index (χ1n) is 9.78. The van der Waals surface area contributed by atoms with Crippen molar-refractivity contribution < 1.29 is 5.11 Å². The van der Waals surface area contributed by atoms with Crippen LogP contribution in [0.3, 0.4) is 0 Å². The topological polar surface area (TPSA) is 66.6 Å². The zero-order chi connectivity index (χ0) is 18.5. The molecular weight excluding hydrogens is 326 g/mol. The molecule has 1 aromatic heterocycles. The van der Waals surface area contributed by atoms with Crippen molar-refractivity contribution >= 4 is 5.82 Å². The number of nitrogens with zero attached hydrogens (tertiary/aromatic N) is 5. The Morgan fingerprint density at radius 2 is 2.00 bits per heavy atom. The molecule has 0 unspecified atom stereocenters. The van der Waals surface area contributed by atoms with Crippen molar-refractivity contribution in [2.45, 2.75) is 32.2 Å². The third kappa shape index (κ3) is 4.35. The van der Waals surface area contributed by atoms with Crippen molar-refractivity contribution in [3.63, 3.8) is 0 Å². The number of pyridine rings is 1. The summed E-state index contributed by atoms with van der Waals surface area (Å²) in [4.78, 5) is 12.0. The second kappa shape index (κ2) is 8.81. The van der Waals surface area contributed by atoms with Gasteiger partial charge in [-0.05, 0) is 51.3 Å². The number of aliphatic hydroxyl groups is 1. The van der Waals surface area contributed by atoms with E-state index < -0.39 is 0 Å². The second-order valence-electron chi connectivity index (χ2n) is 7.70. The van der Waals surface area contributed by atoms with E-state index in [9.17, 15) is 10.4 Å². The Morgan fingerprint density at radius 3 is 2.69 bits per heavy atom. The van der Waals surface area contributed by atoms with Gasteiger partial charge in [0.15, 0.2) is 0 Å². The second-order valence-corrected chi connectivity index (χ2v) is 7.70. The minimum absolute atomic E-state index is 0.248. The summed E-state index contributed by atoms with van der Waals surface area (Å²) in [7, 11) is 2.19. The van der Waals surface area contributed by atoms with Gasteiger partial charge in [-0.25, -0.2) is 4.98 Å². The van der Waals surface area contributed by atoms with Gasteiger partial charge in [0.1, 0.15) is 11.9 Å². The van der Waals surface area contributed by atoms with E-state index >= 15 is 0 Å². The molecule has 0 saturated carbocycles. The standard InChI is InChI=1S/C20H31N5O/c1-16-5-6-17(14-21)20(22-16)25-8-7-19(18(15-25)4-3-13-26)24-11-9-23(2)10-12-24/h5-6,18-19,26H,3-4,7-13,15H2,1-2H3/t18-,19+/m0/s1. The number of aromatic nitrogens is 1. The molecule has 2 atom stereocenters. The number of nitriles is 1. The van der Waals surface area contributed by atoms with Gasteiger partial charge in [0, 0.05) is 57.6 Å². The zero-order valence-electron chi connectivity index (χ0n) is 16.1. The molecule has 2 aliphatic rings. The molecule has 0 bridgehead atoms. The summed E-state index contributed by atoms with van der Waals surface area (Å²) in [6.45, 7) is 8.60. The predicted octanol–water partition coefficient (Wildman–Crippen LogP) is 1.48. The molecule has 6 nitrogen and oxygen atoms in total. The van der Waals surface area contributed by atoms with Crippen LogP contribution in [-0.4, -0.2) is 78.9 Å². The van der Waals surface area contributed by atoms with Crippen LogP contribution in [0.25, 0.3) is 0 Å². The minimum Gasteiger partial charge on any atom is -0.396 e. The SMILES string of the molecule is Cc1ccc(C#N)c(N2CC[C@@H](N3CCN(C)CC3)[C@@H](CCCO)C2)n1. The highest BCUT2D eigenvalue weighted by Crippen LogP contribution is 2.30. The van der Waals surface area contributed by atoms with Gasteiger partial charge in [0.05, 0.1) is 5.56 Å². The Morgan fingerprint density at radius 1 is 1.23 bits per heavy atom. The quantitative estimate of drug-likeness (QED) is 0.861. The summed E-state index contributed by atoms with van der Waals surface area (Å²) in [5, 5.41) is 18.8. The Hall–Kier alpha value is -1.68. The minimum atomic E-state index is 0.248. The summed E-state index contributed by atoms with van der Waals surface area (Å²) >= 11 is 0. The van der Waals surface area contributed by atoms with Crippen LogP contribution in [-0.2, 0) is 0 Å². The van der Waals surface area contributed by atoms with Gasteiger partial charge >= 0.3 is 0 Å². The first kappa shape index (κ1) is 19.1. The van der Waals surface area contributed by atoms with Crippen LogP contribution in [0, 0.1) is 24.2 Å². The van der Waals surface area contributed by atoms with Crippen LogP contribution in [0.4, 0.5) is 5.82 Å². The van der Waals surface area contributed by atoms with Crippen LogP contribution in [0.15, 0.2) is 12.1 Å². The number of rotatable bonds is 5. The highest BCUT2D eigenvalue weighted by Gasteiger charge is 2.35.